The number of carbonyl (C=O) groups excluding carboxylic acids is 2. The van der Waals surface area contributed by atoms with Gasteiger partial charge in [0.25, 0.3) is 0 Å². The molecule has 1 aromatic heterocycles. The van der Waals surface area contributed by atoms with E-state index in [9.17, 15) is 14.4 Å². The van der Waals surface area contributed by atoms with E-state index >= 15 is 0 Å². The van der Waals surface area contributed by atoms with Gasteiger partial charge in [-0.3, -0.25) is 19.6 Å². The molecule has 0 atom stereocenters. The van der Waals surface area contributed by atoms with E-state index in [-0.39, 0.29) is 30.2 Å². The highest BCUT2D eigenvalue weighted by Gasteiger charge is 2.32. The van der Waals surface area contributed by atoms with E-state index in [0.717, 1.165) is 37.2 Å². The molecular formula is C28H41ClN8O3. The van der Waals surface area contributed by atoms with Crippen molar-refractivity contribution in [1.29, 1.82) is 0 Å². The maximum absolute atomic E-state index is 12.7. The second-order valence-electron chi connectivity index (χ2n) is 11.6. The van der Waals surface area contributed by atoms with Crippen molar-refractivity contribution in [3.8, 4) is 5.69 Å². The molecule has 12 heteroatoms. The second kappa shape index (κ2) is 12.7. The third-order valence-electron chi connectivity index (χ3n) is 8.18. The number of hydrogen-bond acceptors (Lipinski definition) is 7. The Morgan fingerprint density at radius 3 is 2.15 bits per heavy atom. The van der Waals surface area contributed by atoms with Gasteiger partial charge in [0.15, 0.2) is 0 Å². The fourth-order valence-corrected chi connectivity index (χ4v) is 5.62. The van der Waals surface area contributed by atoms with Crippen molar-refractivity contribution in [2.45, 2.75) is 38.8 Å². The van der Waals surface area contributed by atoms with Crippen molar-refractivity contribution in [3.63, 3.8) is 0 Å². The molecule has 0 spiro atoms. The Balaban J connectivity index is 0.00000370. The van der Waals surface area contributed by atoms with Crippen LogP contribution in [0.4, 0.5) is 10.6 Å². The summed E-state index contributed by atoms with van der Waals surface area (Å²) in [4.78, 5) is 47.7. The number of carbonyl (C=O) groups is 2. The first kappa shape index (κ1) is 30.0. The number of hydrogen-bond donors (Lipinski definition) is 3. The van der Waals surface area contributed by atoms with Gasteiger partial charge in [-0.05, 0) is 88.5 Å². The second-order valence-corrected chi connectivity index (χ2v) is 11.6. The summed E-state index contributed by atoms with van der Waals surface area (Å²) in [5.74, 6) is 1.79. The van der Waals surface area contributed by atoms with Crippen LogP contribution in [0, 0.1) is 11.8 Å². The van der Waals surface area contributed by atoms with Crippen LogP contribution in [0.3, 0.4) is 0 Å². The van der Waals surface area contributed by atoms with Crippen molar-refractivity contribution >= 4 is 30.2 Å². The van der Waals surface area contributed by atoms with E-state index in [1.54, 1.807) is 35.9 Å². The Kier molecular flexibility index (Phi) is 9.50. The Labute approximate surface area is 241 Å². The number of piperazine rings is 1. The van der Waals surface area contributed by atoms with Gasteiger partial charge in [-0.1, -0.05) is 12.1 Å². The van der Waals surface area contributed by atoms with Crippen LogP contribution >= 0.6 is 12.4 Å². The Morgan fingerprint density at radius 1 is 0.975 bits per heavy atom. The summed E-state index contributed by atoms with van der Waals surface area (Å²) >= 11 is 0. The molecule has 0 aliphatic carbocycles. The summed E-state index contributed by atoms with van der Waals surface area (Å²) in [5.41, 5.74) is 6.46. The minimum Gasteiger partial charge on any atom is -0.338 e. The molecule has 0 unspecified atom stereocenters. The highest BCUT2D eigenvalue weighted by molar-refractivity contribution is 5.89. The number of nitrogens with one attached hydrogen (secondary N) is 2. The van der Waals surface area contributed by atoms with Gasteiger partial charge in [0.2, 0.25) is 5.91 Å². The Bertz CT molecular complexity index is 1230. The maximum Gasteiger partial charge on any atom is 0.354 e. The predicted octanol–water partition coefficient (Wildman–Crippen LogP) is 1.50. The first-order valence-electron chi connectivity index (χ1n) is 13.9. The number of piperidine rings is 1. The van der Waals surface area contributed by atoms with Crippen molar-refractivity contribution in [2.24, 2.45) is 17.6 Å². The summed E-state index contributed by atoms with van der Waals surface area (Å²) in [6.07, 6.45) is 4.17. The fraction of sp³-hybridized carbons (Fsp3) is 0.571. The highest BCUT2D eigenvalue weighted by atomic mass is 35.5. The molecule has 5 rings (SSSR count). The lowest BCUT2D eigenvalue weighted by Gasteiger charge is -2.40. The zero-order chi connectivity index (χ0) is 27.6. The largest absolute Gasteiger partial charge is 0.354 e. The van der Waals surface area contributed by atoms with Crippen molar-refractivity contribution in [3.05, 3.63) is 52.6 Å². The molecule has 0 radical (unpaired) electrons. The van der Waals surface area contributed by atoms with Crippen LogP contribution in [0.5, 0.6) is 0 Å². The smallest absolute Gasteiger partial charge is 0.338 e. The Hall–Kier alpha value is -2.99. The van der Waals surface area contributed by atoms with E-state index in [2.05, 4.69) is 32.7 Å². The van der Waals surface area contributed by atoms with Gasteiger partial charge in [0.1, 0.15) is 5.82 Å². The highest BCUT2D eigenvalue weighted by Crippen LogP contribution is 2.28. The number of aromatic nitrogens is 2. The van der Waals surface area contributed by atoms with Crippen LogP contribution in [-0.2, 0) is 11.3 Å². The number of benzene rings is 1. The molecule has 0 saturated carbocycles. The molecule has 3 saturated heterocycles. The number of halogens is 1. The number of anilines is 1. The van der Waals surface area contributed by atoms with Gasteiger partial charge in [0, 0.05) is 38.9 Å². The average Bonchev–Trinajstić information content (AvgIpc) is 2.89. The zero-order valence-corrected chi connectivity index (χ0v) is 24.2. The number of urea groups is 1. The summed E-state index contributed by atoms with van der Waals surface area (Å²) in [6, 6.07) is 9.27. The average molecular weight is 573 g/mol. The van der Waals surface area contributed by atoms with Gasteiger partial charge < -0.3 is 20.9 Å². The molecule has 3 amide bonds. The zero-order valence-electron chi connectivity index (χ0n) is 23.3. The van der Waals surface area contributed by atoms with Gasteiger partial charge in [-0.25, -0.2) is 9.59 Å². The quantitative estimate of drug-likeness (QED) is 0.478. The molecule has 1 aromatic carbocycles. The predicted molar refractivity (Wildman–Crippen MR) is 157 cm³/mol. The van der Waals surface area contributed by atoms with Gasteiger partial charge >= 0.3 is 11.7 Å². The standard InChI is InChI=1S/C28H40N8O3.ClH/c1-28(2,29)25(37)34-13-15-35(16-14-34)26(38)31-24-9-12-36(27(39)32-24)23-5-3-20(4-6-23)19-33-10-7-21(8-11-33)22-17-30-18-22;/h3-6,9,12,21-22,30H,7-8,10-11,13-19,29H2,1-2H3,(H,31,32,38,39);1H. The minimum absolute atomic E-state index is 0. The lowest BCUT2D eigenvalue weighted by molar-refractivity contribution is -0.137. The lowest BCUT2D eigenvalue weighted by atomic mass is 9.81. The number of nitrogens with two attached hydrogens (primary N) is 1. The van der Waals surface area contributed by atoms with E-state index in [1.807, 2.05) is 12.1 Å². The van der Waals surface area contributed by atoms with E-state index in [1.165, 1.54) is 36.1 Å². The SMILES string of the molecule is CC(C)(N)C(=O)N1CCN(C(=O)Nc2ccn(-c3ccc(CN4CCC(C5CNC5)CC4)cc3)c(=O)n2)CC1.Cl. The van der Waals surface area contributed by atoms with Crippen LogP contribution in [0.2, 0.25) is 0 Å². The summed E-state index contributed by atoms with van der Waals surface area (Å²) in [5, 5.41) is 6.09. The molecule has 0 bridgehead atoms. The summed E-state index contributed by atoms with van der Waals surface area (Å²) in [7, 11) is 0. The van der Waals surface area contributed by atoms with Crippen LogP contribution < -0.4 is 22.1 Å². The van der Waals surface area contributed by atoms with Crippen molar-refractivity contribution in [2.75, 3.05) is 57.7 Å². The summed E-state index contributed by atoms with van der Waals surface area (Å²) in [6.45, 7) is 10.5. The van der Waals surface area contributed by atoms with E-state index in [0.29, 0.717) is 26.2 Å². The molecule has 40 heavy (non-hydrogen) atoms. The van der Waals surface area contributed by atoms with E-state index in [4.69, 9.17) is 5.73 Å². The molecule has 4 heterocycles. The van der Waals surface area contributed by atoms with Gasteiger partial charge in [0.05, 0.1) is 11.2 Å². The molecule has 3 aliphatic heterocycles. The maximum atomic E-state index is 12.7. The third kappa shape index (κ3) is 7.01. The topological polar surface area (TPSA) is 129 Å². The third-order valence-corrected chi connectivity index (χ3v) is 8.18. The Morgan fingerprint density at radius 2 is 1.60 bits per heavy atom. The van der Waals surface area contributed by atoms with Crippen molar-refractivity contribution in [1.82, 2.24) is 29.6 Å². The van der Waals surface area contributed by atoms with E-state index < -0.39 is 11.2 Å². The van der Waals surface area contributed by atoms with Gasteiger partial charge in [-0.15, -0.1) is 12.4 Å². The number of rotatable bonds is 6. The molecule has 3 fully saturated rings. The van der Waals surface area contributed by atoms with Crippen LogP contribution in [-0.4, -0.2) is 94.1 Å². The summed E-state index contributed by atoms with van der Waals surface area (Å²) < 4.78 is 1.47. The number of likely N-dealkylation sites (tertiary alicyclic amines) is 1. The number of amides is 3. The first-order chi connectivity index (χ1) is 18.7. The first-order valence-corrected chi connectivity index (χ1v) is 13.9. The van der Waals surface area contributed by atoms with Crippen LogP contribution in [0.15, 0.2) is 41.3 Å². The molecule has 4 N–H and O–H groups in total. The fourth-order valence-electron chi connectivity index (χ4n) is 5.62. The molecule has 3 aliphatic rings. The van der Waals surface area contributed by atoms with Gasteiger partial charge in [-0.2, -0.15) is 4.98 Å². The molecule has 2 aromatic rings. The molecule has 11 nitrogen and oxygen atoms in total. The molecular weight excluding hydrogens is 532 g/mol. The normalized spacial score (nSPS) is 19.1. The molecule has 218 valence electrons. The van der Waals surface area contributed by atoms with Crippen LogP contribution in [0.25, 0.3) is 5.69 Å². The van der Waals surface area contributed by atoms with Crippen molar-refractivity contribution < 1.29 is 9.59 Å². The monoisotopic (exact) mass is 572 g/mol. The number of nitrogens with zero attached hydrogens (tertiary/aromatic N) is 5. The lowest BCUT2D eigenvalue weighted by Crippen LogP contribution is -2.58. The van der Waals surface area contributed by atoms with Crippen LogP contribution in [0.1, 0.15) is 32.3 Å². The minimum atomic E-state index is -0.941.